The third-order valence-corrected chi connectivity index (χ3v) is 11.3. The van der Waals surface area contributed by atoms with Gasteiger partial charge in [-0.25, -0.2) is 9.97 Å². The molecule has 7 heteroatoms. The molecule has 0 saturated carbocycles. The number of nitrogens with zero attached hydrogens (tertiary/aromatic N) is 7. The van der Waals surface area contributed by atoms with E-state index in [0.717, 1.165) is 88.5 Å². The monoisotopic (exact) mass is 755 g/mol. The first-order valence-corrected chi connectivity index (χ1v) is 19.8. The fourth-order valence-corrected chi connectivity index (χ4v) is 8.74. The van der Waals surface area contributed by atoms with E-state index in [4.69, 9.17) is 19.9 Å². The van der Waals surface area contributed by atoms with Crippen molar-refractivity contribution in [2.45, 2.75) is 0 Å². The molecule has 8 aromatic carbocycles. The summed E-state index contributed by atoms with van der Waals surface area (Å²) in [4.78, 5) is 21.2. The van der Waals surface area contributed by atoms with Gasteiger partial charge in [0.25, 0.3) is 0 Å². The van der Waals surface area contributed by atoms with E-state index >= 15 is 0 Å². The molecule has 12 aromatic rings. The minimum Gasteiger partial charge on any atom is -0.307 e. The van der Waals surface area contributed by atoms with Crippen molar-refractivity contribution in [1.82, 2.24) is 33.6 Å². The van der Waals surface area contributed by atoms with E-state index < -0.39 is 0 Å². The van der Waals surface area contributed by atoms with Crippen LogP contribution in [0.15, 0.2) is 200 Å². The third-order valence-electron chi connectivity index (χ3n) is 11.3. The lowest BCUT2D eigenvalue weighted by molar-refractivity contribution is 0.953. The van der Waals surface area contributed by atoms with Crippen molar-refractivity contribution < 1.29 is 0 Å². The van der Waals surface area contributed by atoms with Crippen LogP contribution in [-0.4, -0.2) is 33.6 Å². The van der Waals surface area contributed by atoms with Crippen LogP contribution in [-0.2, 0) is 0 Å². The Bertz CT molecular complexity index is 3460. The number of fused-ring (bicyclic) bond motifs is 9. The summed E-state index contributed by atoms with van der Waals surface area (Å²) in [6.07, 6.45) is 0. The Morgan fingerprint density at radius 1 is 0.305 bits per heavy atom. The number of rotatable bonds is 6. The molecule has 0 aliphatic carbocycles. The maximum absolute atomic E-state index is 5.55. The molecule has 0 aliphatic rings. The normalized spacial score (nSPS) is 11.7. The quantitative estimate of drug-likeness (QED) is 0.169. The van der Waals surface area contributed by atoms with Crippen molar-refractivity contribution in [3.05, 3.63) is 200 Å². The van der Waals surface area contributed by atoms with Gasteiger partial charge in [0.15, 0.2) is 11.6 Å². The van der Waals surface area contributed by atoms with Crippen molar-refractivity contribution in [3.8, 4) is 51.5 Å². The Morgan fingerprint density at radius 2 is 0.797 bits per heavy atom. The second kappa shape index (κ2) is 13.2. The zero-order chi connectivity index (χ0) is 38.9. The highest BCUT2D eigenvalue weighted by atomic mass is 15.2. The van der Waals surface area contributed by atoms with Gasteiger partial charge >= 0.3 is 0 Å². The molecule has 0 N–H and O–H groups in total. The Kier molecular flexibility index (Phi) is 7.40. The molecule has 0 saturated heterocycles. The lowest BCUT2D eigenvalue weighted by Crippen LogP contribution is -2.07. The summed E-state index contributed by atoms with van der Waals surface area (Å²) in [6.45, 7) is 0. The fraction of sp³-hybridized carbons (Fsp3) is 0. The van der Waals surface area contributed by atoms with E-state index in [-0.39, 0.29) is 0 Å². The van der Waals surface area contributed by atoms with Crippen LogP contribution in [0.3, 0.4) is 0 Å². The molecule has 12 rings (SSSR count). The SMILES string of the molecule is c1ccc(-c2nc(-c3ccccc3)nc(-n3c4ccccc4c4ccc5c6c7nc(-c8ccccc8)n(-c8ccccc8)c7ccc6n(-c6ccccc6)c5c43)n2)cc1. The molecule has 4 aromatic heterocycles. The van der Waals surface area contributed by atoms with Crippen LogP contribution in [0.5, 0.6) is 0 Å². The Hall–Kier alpha value is -8.16. The number of imidazole rings is 1. The van der Waals surface area contributed by atoms with Crippen molar-refractivity contribution >= 4 is 54.6 Å². The largest absolute Gasteiger partial charge is 0.307 e. The molecule has 0 aliphatic heterocycles. The zero-order valence-electron chi connectivity index (χ0n) is 31.7. The minimum absolute atomic E-state index is 0.547. The average Bonchev–Trinajstić information content (AvgIpc) is 3.98. The van der Waals surface area contributed by atoms with Gasteiger partial charge < -0.3 is 4.57 Å². The Labute approximate surface area is 338 Å². The Balaban J connectivity index is 1.26. The van der Waals surface area contributed by atoms with E-state index in [1.807, 2.05) is 42.5 Å². The van der Waals surface area contributed by atoms with Gasteiger partial charge in [0, 0.05) is 49.6 Å². The van der Waals surface area contributed by atoms with Gasteiger partial charge in [0.2, 0.25) is 5.95 Å². The van der Waals surface area contributed by atoms with E-state index in [1.54, 1.807) is 0 Å². The van der Waals surface area contributed by atoms with Gasteiger partial charge in [-0.3, -0.25) is 9.13 Å². The first-order valence-electron chi connectivity index (χ1n) is 19.8. The zero-order valence-corrected chi connectivity index (χ0v) is 31.7. The summed E-state index contributed by atoms with van der Waals surface area (Å²) >= 11 is 0. The van der Waals surface area contributed by atoms with Gasteiger partial charge in [-0.15, -0.1) is 0 Å². The van der Waals surface area contributed by atoms with Crippen LogP contribution >= 0.6 is 0 Å². The van der Waals surface area contributed by atoms with Gasteiger partial charge in [-0.1, -0.05) is 158 Å². The molecule has 0 radical (unpaired) electrons. The number of benzene rings is 8. The lowest BCUT2D eigenvalue weighted by Gasteiger charge is -2.13. The predicted octanol–water partition coefficient (Wildman–Crippen LogP) is 12.4. The van der Waals surface area contributed by atoms with Crippen molar-refractivity contribution in [1.29, 1.82) is 0 Å². The highest BCUT2D eigenvalue weighted by molar-refractivity contribution is 6.28. The molecule has 59 heavy (non-hydrogen) atoms. The topological polar surface area (TPSA) is 66.3 Å². The second-order valence-electron chi connectivity index (χ2n) is 14.7. The standard InChI is InChI=1S/C52H33N7/c1-6-18-34(19-7-1)49-54-50(35-20-8-2-9-21-35)56-52(55-49)59-42-29-17-16-28-39(42)40-30-31-41-45-43(57(48(41)47(40)59)37-24-12-4-13-25-37)32-33-44-46(45)53-51(36-22-10-3-11-23-36)58(44)38-26-14-5-15-27-38/h1-33H. The fourth-order valence-electron chi connectivity index (χ4n) is 8.74. The van der Waals surface area contributed by atoms with Gasteiger partial charge in [-0.2, -0.15) is 9.97 Å². The number of hydrogen-bond donors (Lipinski definition) is 0. The molecule has 0 bridgehead atoms. The van der Waals surface area contributed by atoms with Crippen LogP contribution in [0.25, 0.3) is 106 Å². The van der Waals surface area contributed by atoms with Crippen LogP contribution < -0.4 is 0 Å². The maximum Gasteiger partial charge on any atom is 0.238 e. The minimum atomic E-state index is 0.547. The summed E-state index contributed by atoms with van der Waals surface area (Å²) < 4.78 is 6.91. The van der Waals surface area contributed by atoms with Crippen LogP contribution in [0.4, 0.5) is 0 Å². The molecular formula is C52H33N7. The van der Waals surface area contributed by atoms with Gasteiger partial charge in [0.05, 0.1) is 33.1 Å². The predicted molar refractivity (Wildman–Crippen MR) is 239 cm³/mol. The summed E-state index contributed by atoms with van der Waals surface area (Å²) in [5, 5.41) is 4.38. The second-order valence-corrected chi connectivity index (χ2v) is 14.7. The lowest BCUT2D eigenvalue weighted by atomic mass is 10.1. The van der Waals surface area contributed by atoms with Gasteiger partial charge in [-0.05, 0) is 42.5 Å². The average molecular weight is 756 g/mol. The van der Waals surface area contributed by atoms with Crippen molar-refractivity contribution in [2.75, 3.05) is 0 Å². The molecular weight excluding hydrogens is 723 g/mol. The molecule has 0 unspecified atom stereocenters. The molecule has 276 valence electrons. The summed E-state index contributed by atoms with van der Waals surface area (Å²) in [7, 11) is 0. The highest BCUT2D eigenvalue weighted by Crippen LogP contribution is 2.44. The first kappa shape index (κ1) is 33.0. The van der Waals surface area contributed by atoms with Crippen molar-refractivity contribution in [3.63, 3.8) is 0 Å². The third kappa shape index (κ3) is 5.15. The molecule has 0 fully saturated rings. The number of para-hydroxylation sites is 3. The Morgan fingerprint density at radius 3 is 1.42 bits per heavy atom. The molecule has 0 atom stereocenters. The van der Waals surface area contributed by atoms with E-state index in [2.05, 4.69) is 171 Å². The molecule has 0 spiro atoms. The summed E-state index contributed by atoms with van der Waals surface area (Å²) in [6, 6.07) is 69.5. The summed E-state index contributed by atoms with van der Waals surface area (Å²) in [5.74, 6) is 2.66. The molecule has 4 heterocycles. The van der Waals surface area contributed by atoms with Crippen LogP contribution in [0.2, 0.25) is 0 Å². The maximum atomic E-state index is 5.55. The van der Waals surface area contributed by atoms with Crippen LogP contribution in [0, 0.1) is 0 Å². The summed E-state index contributed by atoms with van der Waals surface area (Å²) in [5.41, 5.74) is 11.1. The molecule has 7 nitrogen and oxygen atoms in total. The molecule has 0 amide bonds. The van der Waals surface area contributed by atoms with E-state index in [0.29, 0.717) is 17.6 Å². The first-order chi connectivity index (χ1) is 29.3. The smallest absolute Gasteiger partial charge is 0.238 e. The highest BCUT2D eigenvalue weighted by Gasteiger charge is 2.26. The van der Waals surface area contributed by atoms with E-state index in [1.165, 1.54) is 0 Å². The van der Waals surface area contributed by atoms with Gasteiger partial charge in [0.1, 0.15) is 5.82 Å². The van der Waals surface area contributed by atoms with E-state index in [9.17, 15) is 0 Å². The number of hydrogen-bond acceptors (Lipinski definition) is 4. The van der Waals surface area contributed by atoms with Crippen molar-refractivity contribution in [2.24, 2.45) is 0 Å². The van der Waals surface area contributed by atoms with Crippen LogP contribution in [0.1, 0.15) is 0 Å². The number of aromatic nitrogens is 7.